The minimum absolute atomic E-state index is 0.324. The number of oxazole rings is 1. The highest BCUT2D eigenvalue weighted by Crippen LogP contribution is 2.46. The summed E-state index contributed by atoms with van der Waals surface area (Å²) in [6.07, 6.45) is 4.93. The van der Waals surface area contributed by atoms with Crippen molar-refractivity contribution >= 4 is 62.8 Å². The smallest absolute Gasteiger partial charge is 0.223 e. The van der Waals surface area contributed by atoms with Gasteiger partial charge in [-0.25, -0.2) is 4.98 Å². The van der Waals surface area contributed by atoms with Gasteiger partial charge in [0.1, 0.15) is 28.1 Å². The summed E-state index contributed by atoms with van der Waals surface area (Å²) < 4.78 is 5.79. The van der Waals surface area contributed by atoms with Crippen LogP contribution < -0.4 is 0 Å². The van der Waals surface area contributed by atoms with Crippen molar-refractivity contribution < 1.29 is 9.21 Å². The quantitative estimate of drug-likeness (QED) is 0.465. The minimum atomic E-state index is -0.599. The lowest BCUT2D eigenvalue weighted by atomic mass is 10.0. The van der Waals surface area contributed by atoms with Crippen LogP contribution in [0.5, 0.6) is 0 Å². The van der Waals surface area contributed by atoms with Crippen molar-refractivity contribution in [3.8, 4) is 0 Å². The summed E-state index contributed by atoms with van der Waals surface area (Å²) in [4.78, 5) is 30.8. The van der Waals surface area contributed by atoms with E-state index < -0.39 is 11.1 Å². The molecule has 34 heavy (non-hydrogen) atoms. The van der Waals surface area contributed by atoms with E-state index in [4.69, 9.17) is 19.4 Å². The van der Waals surface area contributed by atoms with Gasteiger partial charge in [0.05, 0.1) is 15.1 Å². The van der Waals surface area contributed by atoms with Gasteiger partial charge in [0, 0.05) is 17.3 Å². The van der Waals surface area contributed by atoms with Crippen LogP contribution in [-0.2, 0) is 5.54 Å². The number of hydrogen-bond acceptors (Lipinski definition) is 9. The second kappa shape index (κ2) is 8.84. The van der Waals surface area contributed by atoms with Gasteiger partial charge in [-0.1, -0.05) is 36.4 Å². The Morgan fingerprint density at radius 2 is 1.47 bits per heavy atom. The zero-order valence-corrected chi connectivity index (χ0v) is 22.0. The molecule has 3 aliphatic heterocycles. The molecule has 0 aliphatic carbocycles. The third kappa shape index (κ3) is 4.33. The van der Waals surface area contributed by atoms with Crippen LogP contribution in [0.25, 0.3) is 6.08 Å². The van der Waals surface area contributed by atoms with E-state index in [2.05, 4.69) is 43.1 Å². The first-order valence-electron chi connectivity index (χ1n) is 11.1. The third-order valence-corrected chi connectivity index (χ3v) is 10.3. The molecular formula is C25H26N4O2S3. The zero-order valence-electron chi connectivity index (χ0n) is 19.6. The minimum Gasteiger partial charge on any atom is -0.443 e. The lowest BCUT2D eigenvalue weighted by Gasteiger charge is -2.21. The number of benzene rings is 1. The van der Waals surface area contributed by atoms with E-state index in [1.165, 1.54) is 5.56 Å². The molecule has 5 rings (SSSR count). The first-order valence-corrected chi connectivity index (χ1v) is 14.0. The van der Waals surface area contributed by atoms with Crippen molar-refractivity contribution in [2.75, 3.05) is 17.3 Å². The second-order valence-corrected chi connectivity index (χ2v) is 12.2. The van der Waals surface area contributed by atoms with Gasteiger partial charge < -0.3 is 4.42 Å². The van der Waals surface area contributed by atoms with Crippen molar-refractivity contribution in [3.63, 3.8) is 0 Å². The molecule has 0 saturated heterocycles. The number of hydrogen-bond donors (Lipinski definition) is 0. The van der Waals surface area contributed by atoms with Crippen molar-refractivity contribution in [3.05, 3.63) is 59.3 Å². The molecule has 3 aliphatic rings. The Kier molecular flexibility index (Phi) is 6.14. The molecule has 9 heteroatoms. The van der Waals surface area contributed by atoms with Gasteiger partial charge >= 0.3 is 0 Å². The molecule has 1 aromatic heterocycles. The van der Waals surface area contributed by atoms with Gasteiger partial charge in [0.25, 0.3) is 0 Å². The van der Waals surface area contributed by atoms with Crippen LogP contribution >= 0.6 is 35.3 Å². The van der Waals surface area contributed by atoms with E-state index in [1.54, 1.807) is 42.2 Å². The average molecular weight is 511 g/mol. The Hall–Kier alpha value is -2.10. The Bertz CT molecular complexity index is 1250. The van der Waals surface area contributed by atoms with Crippen molar-refractivity contribution in [1.29, 1.82) is 0 Å². The van der Waals surface area contributed by atoms with Gasteiger partial charge in [-0.3, -0.25) is 19.8 Å². The predicted molar refractivity (Wildman–Crippen MR) is 146 cm³/mol. The fourth-order valence-electron chi connectivity index (χ4n) is 3.96. The summed E-state index contributed by atoms with van der Waals surface area (Å²) in [6.45, 7) is 8.08. The lowest BCUT2D eigenvalue weighted by Crippen LogP contribution is -2.33. The maximum Gasteiger partial charge on any atom is 0.223 e. The summed E-state index contributed by atoms with van der Waals surface area (Å²) in [5.74, 6) is 3.45. The van der Waals surface area contributed by atoms with Crippen LogP contribution in [0.15, 0.2) is 55.8 Å². The topological polar surface area (TPSA) is 80.2 Å². The van der Waals surface area contributed by atoms with Gasteiger partial charge in [0.2, 0.25) is 5.89 Å². The van der Waals surface area contributed by atoms with Gasteiger partial charge in [-0.2, -0.15) is 0 Å². The highest BCUT2D eigenvalue weighted by atomic mass is 32.2. The monoisotopic (exact) mass is 510 g/mol. The van der Waals surface area contributed by atoms with Crippen molar-refractivity contribution in [2.45, 2.75) is 44.3 Å². The Balaban J connectivity index is 1.36. The molecule has 0 radical (unpaired) electrons. The fraction of sp³-hybridized carbons (Fsp3) is 0.400. The largest absolute Gasteiger partial charge is 0.443 e. The van der Waals surface area contributed by atoms with Crippen LogP contribution in [0.2, 0.25) is 0 Å². The molecule has 4 heterocycles. The molecule has 2 aromatic rings. The summed E-state index contributed by atoms with van der Waals surface area (Å²) >= 11 is 5.26. The van der Waals surface area contributed by atoms with Gasteiger partial charge in [-0.15, -0.1) is 35.3 Å². The van der Waals surface area contributed by atoms with Crippen LogP contribution in [0.1, 0.15) is 48.5 Å². The summed E-state index contributed by atoms with van der Waals surface area (Å²) in [7, 11) is 0. The number of aliphatic imine (C=N–C) groups is 3. The fourth-order valence-corrected chi connectivity index (χ4v) is 7.82. The maximum absolute atomic E-state index is 11.2. The molecule has 0 fully saturated rings. The summed E-state index contributed by atoms with van der Waals surface area (Å²) in [5.41, 5.74) is 0.187. The molecule has 0 saturated carbocycles. The molecule has 0 unspecified atom stereocenters. The first-order chi connectivity index (χ1) is 16.2. The van der Waals surface area contributed by atoms with E-state index in [0.717, 1.165) is 32.9 Å². The van der Waals surface area contributed by atoms with Crippen LogP contribution in [0, 0.1) is 6.92 Å². The number of thioether (sulfide) groups is 3. The number of aldehydes is 1. The SMILES string of the molecule is Cc1oc([C@]2(C)CSC([C@]3(C)CSC([C@]4(C)CSC(/C=C/c5ccccc5)=N4)=N3)=N2)nc1C=O. The number of carbonyl (C=O) groups is 1. The number of carbonyl (C=O) groups excluding carboxylic acids is 1. The number of aryl methyl sites for hydroxylation is 1. The Labute approximate surface area is 212 Å². The molecule has 0 bridgehead atoms. The third-order valence-electron chi connectivity index (χ3n) is 6.08. The van der Waals surface area contributed by atoms with Crippen LogP contribution in [0.3, 0.4) is 0 Å². The van der Waals surface area contributed by atoms with E-state index in [-0.39, 0.29) is 5.54 Å². The molecular weight excluding hydrogens is 485 g/mol. The average Bonchev–Trinajstić information content (AvgIpc) is 3.60. The maximum atomic E-state index is 11.2. The van der Waals surface area contributed by atoms with E-state index in [1.807, 2.05) is 25.1 Å². The molecule has 1 aromatic carbocycles. The molecule has 3 atom stereocenters. The van der Waals surface area contributed by atoms with Gasteiger partial charge in [-0.05, 0) is 39.3 Å². The van der Waals surface area contributed by atoms with Gasteiger partial charge in [0.15, 0.2) is 6.29 Å². The van der Waals surface area contributed by atoms with E-state index in [0.29, 0.717) is 23.1 Å². The Morgan fingerprint density at radius 3 is 2.15 bits per heavy atom. The van der Waals surface area contributed by atoms with Crippen LogP contribution in [-0.4, -0.2) is 54.7 Å². The number of aromatic nitrogens is 1. The molecule has 0 spiro atoms. The normalized spacial score (nSPS) is 31.1. The Morgan fingerprint density at radius 1 is 0.853 bits per heavy atom. The molecule has 0 N–H and O–H groups in total. The van der Waals surface area contributed by atoms with E-state index in [9.17, 15) is 4.79 Å². The number of nitrogens with zero attached hydrogens (tertiary/aromatic N) is 4. The predicted octanol–water partition coefficient (Wildman–Crippen LogP) is 5.68. The number of rotatable bonds is 6. The second-order valence-electron chi connectivity index (χ2n) is 9.29. The standard InChI is InChI=1S/C25H26N4O2S3/c1-16-18(12-30)26-20(31-16)23(2)13-33-22(28-23)25(4)15-34-21(29-25)24(3)14-32-19(27-24)11-10-17-8-6-5-7-9-17/h5-12H,13-15H2,1-4H3/b11-10+/t23-,24-,25-/m0/s1. The van der Waals surface area contributed by atoms with Crippen molar-refractivity contribution in [1.82, 2.24) is 4.98 Å². The summed E-state index contributed by atoms with van der Waals surface area (Å²) in [6, 6.07) is 10.3. The highest BCUT2D eigenvalue weighted by molar-refractivity contribution is 8.17. The molecule has 6 nitrogen and oxygen atoms in total. The molecule has 0 amide bonds. The molecule has 176 valence electrons. The summed E-state index contributed by atoms with van der Waals surface area (Å²) in [5, 5.41) is 3.09. The lowest BCUT2D eigenvalue weighted by molar-refractivity contribution is 0.111. The van der Waals surface area contributed by atoms with Crippen LogP contribution in [0.4, 0.5) is 0 Å². The van der Waals surface area contributed by atoms with Crippen molar-refractivity contribution in [2.24, 2.45) is 15.0 Å². The zero-order chi connectivity index (χ0) is 24.0. The highest BCUT2D eigenvalue weighted by Gasteiger charge is 2.48. The van der Waals surface area contributed by atoms with E-state index >= 15 is 0 Å². The first kappa shape index (κ1) is 23.6.